The van der Waals surface area contributed by atoms with Gasteiger partial charge in [0.05, 0.1) is 16.3 Å². The number of thiazole rings is 1. The van der Waals surface area contributed by atoms with E-state index in [1.54, 1.807) is 29.0 Å². The number of benzene rings is 1. The highest BCUT2D eigenvalue weighted by Crippen LogP contribution is 2.34. The Labute approximate surface area is 199 Å². The largest absolute Gasteiger partial charge is 0.369 e. The molecule has 4 aromatic rings. The molecule has 9 nitrogen and oxygen atoms in total. The van der Waals surface area contributed by atoms with E-state index in [9.17, 15) is 4.79 Å². The maximum absolute atomic E-state index is 12.4. The van der Waals surface area contributed by atoms with Gasteiger partial charge < -0.3 is 10.6 Å². The third-order valence-corrected chi connectivity index (χ3v) is 7.13. The molecule has 2 amide bonds. The number of carbonyl (C=O) groups excluding carboxylic acids is 1. The highest BCUT2D eigenvalue weighted by molar-refractivity contribution is 7.99. The second-order valence-electron chi connectivity index (χ2n) is 7.44. The fourth-order valence-electron chi connectivity index (χ4n) is 3.49. The zero-order valence-electron chi connectivity index (χ0n) is 17.9. The molecule has 0 aliphatic carbocycles. The van der Waals surface area contributed by atoms with Gasteiger partial charge in [0.1, 0.15) is 12.1 Å². The fraction of sp³-hybridized carbons (Fsp3) is 0.227. The van der Waals surface area contributed by atoms with Crippen LogP contribution in [0.5, 0.6) is 0 Å². The number of anilines is 3. The van der Waals surface area contributed by atoms with E-state index in [4.69, 9.17) is 0 Å². The van der Waals surface area contributed by atoms with Gasteiger partial charge >= 0.3 is 6.03 Å². The molecule has 11 heteroatoms. The quantitative estimate of drug-likeness (QED) is 0.364. The topological polar surface area (TPSA) is 110 Å². The SMILES string of the molecule is Cn1ccc(-c2cccc(NC(=O)Nc3ncc(CCNc4ncnc5c4SCC5)s3)c2)n1. The number of thioether (sulfide) groups is 1. The van der Waals surface area contributed by atoms with Crippen molar-refractivity contribution in [1.29, 1.82) is 0 Å². The number of urea groups is 1. The predicted octanol–water partition coefficient (Wildman–Crippen LogP) is 4.28. The van der Waals surface area contributed by atoms with Gasteiger partial charge in [-0.3, -0.25) is 10.00 Å². The Morgan fingerprint density at radius 3 is 3.00 bits per heavy atom. The molecule has 4 heterocycles. The molecule has 1 aliphatic rings. The average Bonchev–Trinajstić information content (AvgIpc) is 3.55. The minimum Gasteiger partial charge on any atom is -0.369 e. The molecule has 0 radical (unpaired) electrons. The number of amides is 2. The van der Waals surface area contributed by atoms with Gasteiger partial charge in [0.2, 0.25) is 0 Å². The van der Waals surface area contributed by atoms with E-state index in [0.29, 0.717) is 10.8 Å². The maximum Gasteiger partial charge on any atom is 0.325 e. The van der Waals surface area contributed by atoms with Crippen LogP contribution < -0.4 is 16.0 Å². The van der Waals surface area contributed by atoms with Gasteiger partial charge in [-0.15, -0.1) is 23.1 Å². The molecule has 0 atom stereocenters. The third kappa shape index (κ3) is 5.15. The smallest absolute Gasteiger partial charge is 0.325 e. The summed E-state index contributed by atoms with van der Waals surface area (Å²) >= 11 is 3.26. The Balaban J connectivity index is 1.13. The van der Waals surface area contributed by atoms with Gasteiger partial charge in [0.15, 0.2) is 5.13 Å². The van der Waals surface area contributed by atoms with Crippen molar-refractivity contribution in [2.45, 2.75) is 17.7 Å². The van der Waals surface area contributed by atoms with Crippen molar-refractivity contribution in [3.8, 4) is 11.3 Å². The summed E-state index contributed by atoms with van der Waals surface area (Å²) in [6.07, 6.45) is 7.08. The summed E-state index contributed by atoms with van der Waals surface area (Å²) in [6, 6.07) is 9.18. The van der Waals surface area contributed by atoms with E-state index >= 15 is 0 Å². The highest BCUT2D eigenvalue weighted by Gasteiger charge is 2.17. The van der Waals surface area contributed by atoms with Crippen LogP contribution in [0.3, 0.4) is 0 Å². The molecule has 0 unspecified atom stereocenters. The molecule has 0 saturated carbocycles. The van der Waals surface area contributed by atoms with Crippen LogP contribution in [0, 0.1) is 0 Å². The Morgan fingerprint density at radius 1 is 1.18 bits per heavy atom. The number of hydrogen-bond acceptors (Lipinski definition) is 8. The van der Waals surface area contributed by atoms with Crippen LogP contribution in [0.15, 0.2) is 53.9 Å². The van der Waals surface area contributed by atoms with Crippen molar-refractivity contribution in [1.82, 2.24) is 24.7 Å². The highest BCUT2D eigenvalue weighted by atomic mass is 32.2. The van der Waals surface area contributed by atoms with E-state index in [2.05, 4.69) is 36.0 Å². The molecule has 5 rings (SSSR count). The lowest BCUT2D eigenvalue weighted by molar-refractivity contribution is 0.262. The summed E-state index contributed by atoms with van der Waals surface area (Å²) in [7, 11) is 1.87. The Kier molecular flexibility index (Phi) is 6.22. The van der Waals surface area contributed by atoms with Crippen LogP contribution in [0.1, 0.15) is 10.6 Å². The summed E-state index contributed by atoms with van der Waals surface area (Å²) in [5, 5.41) is 14.0. The van der Waals surface area contributed by atoms with Crippen LogP contribution in [0.4, 0.5) is 21.4 Å². The molecule has 0 fully saturated rings. The second-order valence-corrected chi connectivity index (χ2v) is 9.66. The van der Waals surface area contributed by atoms with Gasteiger partial charge in [0, 0.05) is 60.7 Å². The van der Waals surface area contributed by atoms with E-state index in [-0.39, 0.29) is 6.03 Å². The van der Waals surface area contributed by atoms with Crippen LogP contribution in [-0.2, 0) is 19.9 Å². The molecule has 0 spiro atoms. The Morgan fingerprint density at radius 2 is 2.12 bits per heavy atom. The van der Waals surface area contributed by atoms with Crippen molar-refractivity contribution < 1.29 is 4.79 Å². The number of aryl methyl sites for hydroxylation is 2. The van der Waals surface area contributed by atoms with Crippen LogP contribution in [0.2, 0.25) is 0 Å². The monoisotopic (exact) mass is 478 g/mol. The van der Waals surface area contributed by atoms with Crippen molar-refractivity contribution in [3.05, 3.63) is 59.6 Å². The maximum atomic E-state index is 12.4. The number of hydrogen-bond donors (Lipinski definition) is 3. The Hall–Kier alpha value is -3.44. The predicted molar refractivity (Wildman–Crippen MR) is 132 cm³/mol. The molecule has 0 bridgehead atoms. The number of rotatable bonds is 7. The molecular formula is C22H22N8OS2. The first-order valence-corrected chi connectivity index (χ1v) is 12.3. The summed E-state index contributed by atoms with van der Waals surface area (Å²) in [5.74, 6) is 1.96. The van der Waals surface area contributed by atoms with Crippen LogP contribution in [0.25, 0.3) is 11.3 Å². The zero-order valence-corrected chi connectivity index (χ0v) is 19.5. The molecule has 3 aromatic heterocycles. The first-order chi connectivity index (χ1) is 16.1. The number of aromatic nitrogens is 5. The van der Waals surface area contributed by atoms with Crippen molar-refractivity contribution in [2.24, 2.45) is 7.05 Å². The van der Waals surface area contributed by atoms with E-state index in [1.807, 2.05) is 43.6 Å². The first kappa shape index (κ1) is 21.4. The molecule has 33 heavy (non-hydrogen) atoms. The third-order valence-electron chi connectivity index (χ3n) is 5.03. The van der Waals surface area contributed by atoms with Crippen LogP contribution >= 0.6 is 23.1 Å². The van der Waals surface area contributed by atoms with Crippen molar-refractivity contribution in [3.63, 3.8) is 0 Å². The number of nitrogens with zero attached hydrogens (tertiary/aromatic N) is 5. The minimum atomic E-state index is -0.333. The normalized spacial score (nSPS) is 12.4. The lowest BCUT2D eigenvalue weighted by Gasteiger charge is -2.08. The van der Waals surface area contributed by atoms with Gasteiger partial charge in [-0.25, -0.2) is 19.7 Å². The lowest BCUT2D eigenvalue weighted by atomic mass is 10.1. The van der Waals surface area contributed by atoms with Gasteiger partial charge in [-0.2, -0.15) is 5.10 Å². The Bertz CT molecular complexity index is 1280. The van der Waals surface area contributed by atoms with Gasteiger partial charge in [-0.05, 0) is 18.2 Å². The molecule has 168 valence electrons. The van der Waals surface area contributed by atoms with Gasteiger partial charge in [0.25, 0.3) is 0 Å². The van der Waals surface area contributed by atoms with E-state index in [0.717, 1.165) is 57.7 Å². The van der Waals surface area contributed by atoms with Crippen molar-refractivity contribution >= 4 is 45.8 Å². The standard InChI is InChI=1S/C22H22N8OS2/c1-30-9-6-17(29-30)14-3-2-4-15(11-14)27-21(31)28-22-24-12-16(33-22)5-8-23-20-19-18(7-10-32-19)25-13-26-20/h2-4,6,9,11-13H,5,7-8,10H2,1H3,(H,23,25,26)(H2,24,27,28,31). The molecule has 1 aliphatic heterocycles. The zero-order chi connectivity index (χ0) is 22.6. The first-order valence-electron chi connectivity index (χ1n) is 10.5. The minimum absolute atomic E-state index is 0.333. The van der Waals surface area contributed by atoms with E-state index in [1.165, 1.54) is 11.3 Å². The lowest BCUT2D eigenvalue weighted by Crippen LogP contribution is -2.19. The fourth-order valence-corrected chi connectivity index (χ4v) is 5.37. The molecule has 3 N–H and O–H groups in total. The summed E-state index contributed by atoms with van der Waals surface area (Å²) in [4.78, 5) is 27.7. The number of nitrogens with one attached hydrogen (secondary N) is 3. The summed E-state index contributed by atoms with van der Waals surface area (Å²) < 4.78 is 1.75. The van der Waals surface area contributed by atoms with Gasteiger partial charge in [-0.1, -0.05) is 12.1 Å². The molecular weight excluding hydrogens is 456 g/mol. The number of carbonyl (C=O) groups is 1. The molecule has 1 aromatic carbocycles. The van der Waals surface area contributed by atoms with E-state index < -0.39 is 0 Å². The van der Waals surface area contributed by atoms with Crippen LogP contribution in [-0.4, -0.2) is 43.1 Å². The summed E-state index contributed by atoms with van der Waals surface area (Å²) in [6.45, 7) is 0.734. The summed E-state index contributed by atoms with van der Waals surface area (Å²) in [5.41, 5.74) is 3.60. The second kappa shape index (κ2) is 9.59. The number of fused-ring (bicyclic) bond motifs is 1. The molecule has 0 saturated heterocycles. The average molecular weight is 479 g/mol. The van der Waals surface area contributed by atoms with Crippen molar-refractivity contribution in [2.75, 3.05) is 28.2 Å².